The number of fused-ring (bicyclic) bond motifs is 4. The van der Waals surface area contributed by atoms with Gasteiger partial charge in [0.05, 0.1) is 25.9 Å². The molecule has 2 aromatic rings. The van der Waals surface area contributed by atoms with Gasteiger partial charge in [0, 0.05) is 23.8 Å². The van der Waals surface area contributed by atoms with Crippen LogP contribution in [0.15, 0.2) is 61.2 Å². The Bertz CT molecular complexity index is 1130. The Morgan fingerprint density at radius 2 is 2.06 bits per heavy atom. The molecular weight excluding hydrogens is 428 g/mol. The summed E-state index contributed by atoms with van der Waals surface area (Å²) in [7, 11) is 3.20. The number of ether oxygens (including phenoxy) is 2. The number of para-hydroxylation sites is 1. The third-order valence-corrected chi connectivity index (χ3v) is 7.69. The fourth-order valence-corrected chi connectivity index (χ4v) is 5.82. The molecule has 3 saturated heterocycles. The van der Waals surface area contributed by atoms with Crippen molar-refractivity contribution < 1.29 is 19.4 Å². The van der Waals surface area contributed by atoms with Gasteiger partial charge >= 0.3 is 0 Å². The summed E-state index contributed by atoms with van der Waals surface area (Å²) in [5, 5.41) is 15.1. The summed E-state index contributed by atoms with van der Waals surface area (Å²) < 4.78 is 10.9. The summed E-state index contributed by atoms with van der Waals surface area (Å²) in [6.07, 6.45) is 5.29. The predicted molar refractivity (Wildman–Crippen MR) is 133 cm³/mol. The second kappa shape index (κ2) is 9.28. The highest BCUT2D eigenvalue weighted by molar-refractivity contribution is 6.07. The number of piperidine rings is 3. The molecule has 3 fully saturated rings. The Kier molecular flexibility index (Phi) is 6.19. The number of ketones is 1. The average Bonchev–Trinajstić information content (AvgIpc) is 2.91. The van der Waals surface area contributed by atoms with E-state index in [9.17, 15) is 9.90 Å². The van der Waals surface area contributed by atoms with Gasteiger partial charge in [-0.05, 0) is 73.2 Å². The number of carbonyl (C=O) groups is 1. The normalized spacial score (nSPS) is 28.2. The first-order chi connectivity index (χ1) is 16.5. The number of hydrogen-bond acceptors (Lipinski definition) is 6. The number of benzene rings is 2. The molecule has 2 aromatic carbocycles. The first kappa shape index (κ1) is 22.7. The van der Waals surface area contributed by atoms with Crippen LogP contribution in [-0.4, -0.2) is 61.3 Å². The van der Waals surface area contributed by atoms with Crippen molar-refractivity contribution in [2.75, 3.05) is 32.6 Å². The maximum atomic E-state index is 13.6. The molecule has 2 unspecified atom stereocenters. The molecule has 178 valence electrons. The molecule has 6 atom stereocenters. The number of aliphatic hydroxyl groups is 1. The molecule has 4 heterocycles. The smallest absolute Gasteiger partial charge is 0.192 e. The fraction of sp³-hybridized carbons (Fsp3) is 0.393. The number of anilines is 1. The van der Waals surface area contributed by atoms with E-state index in [4.69, 9.17) is 9.47 Å². The van der Waals surface area contributed by atoms with Crippen molar-refractivity contribution in [3.05, 3.63) is 72.3 Å². The summed E-state index contributed by atoms with van der Waals surface area (Å²) in [6, 6.07) is 12.4. The van der Waals surface area contributed by atoms with Crippen molar-refractivity contribution >= 4 is 17.0 Å². The van der Waals surface area contributed by atoms with Crippen molar-refractivity contribution in [3.63, 3.8) is 0 Å². The van der Waals surface area contributed by atoms with Crippen LogP contribution in [0.25, 0.3) is 5.57 Å². The molecule has 6 heteroatoms. The van der Waals surface area contributed by atoms with Gasteiger partial charge in [0.25, 0.3) is 0 Å². The minimum Gasteiger partial charge on any atom is -0.497 e. The zero-order valence-electron chi connectivity index (χ0n) is 19.7. The van der Waals surface area contributed by atoms with Gasteiger partial charge in [0.1, 0.15) is 17.5 Å². The molecular formula is C28H32N2O4. The Hall–Kier alpha value is -3.09. The minimum absolute atomic E-state index is 0.0142. The summed E-state index contributed by atoms with van der Waals surface area (Å²) in [4.78, 5) is 15.9. The summed E-state index contributed by atoms with van der Waals surface area (Å²) >= 11 is 0. The minimum atomic E-state index is -0.713. The fourth-order valence-electron chi connectivity index (χ4n) is 5.82. The molecule has 0 aliphatic carbocycles. The average molecular weight is 461 g/mol. The lowest BCUT2D eigenvalue weighted by Gasteiger charge is -2.51. The molecule has 4 aliphatic heterocycles. The van der Waals surface area contributed by atoms with E-state index in [1.807, 2.05) is 36.4 Å². The van der Waals surface area contributed by atoms with Crippen LogP contribution in [0.2, 0.25) is 0 Å². The highest BCUT2D eigenvalue weighted by atomic mass is 16.5. The molecule has 4 aliphatic rings. The third-order valence-electron chi connectivity index (χ3n) is 7.69. The second-order valence-corrected chi connectivity index (χ2v) is 9.41. The predicted octanol–water partition coefficient (Wildman–Crippen LogP) is 4.02. The van der Waals surface area contributed by atoms with Crippen LogP contribution in [-0.2, 0) is 0 Å². The van der Waals surface area contributed by atoms with Gasteiger partial charge in [-0.25, -0.2) is 0 Å². The first-order valence-corrected chi connectivity index (χ1v) is 11.9. The van der Waals surface area contributed by atoms with E-state index < -0.39 is 12.1 Å². The van der Waals surface area contributed by atoms with E-state index >= 15 is 0 Å². The van der Waals surface area contributed by atoms with Crippen molar-refractivity contribution in [1.29, 1.82) is 0 Å². The van der Waals surface area contributed by atoms with Crippen LogP contribution in [0.3, 0.4) is 0 Å². The number of hydrogen-bond donors (Lipinski definition) is 2. The van der Waals surface area contributed by atoms with Crippen molar-refractivity contribution in [1.82, 2.24) is 4.90 Å². The SMILES string of the molecule is C=C[C@H]1CN2CC[C@H]1C[C@@H]2[C@@H](O)C1=CC(C(=O)c2ccccc2OC)Nc2ccc(OC)cc21. The number of methoxy groups -OCH3 is 2. The van der Waals surface area contributed by atoms with E-state index in [-0.39, 0.29) is 11.8 Å². The summed E-state index contributed by atoms with van der Waals surface area (Å²) in [5.41, 5.74) is 2.97. The molecule has 6 nitrogen and oxygen atoms in total. The lowest BCUT2D eigenvalue weighted by Crippen LogP contribution is -2.57. The number of nitrogens with zero attached hydrogens (tertiary/aromatic N) is 1. The third kappa shape index (κ3) is 3.91. The van der Waals surface area contributed by atoms with Crippen molar-refractivity contribution in [2.45, 2.75) is 31.0 Å². The molecule has 34 heavy (non-hydrogen) atoms. The number of rotatable bonds is 7. The van der Waals surface area contributed by atoms with Crippen LogP contribution in [0.1, 0.15) is 28.8 Å². The molecule has 2 bridgehead atoms. The van der Waals surface area contributed by atoms with Crippen LogP contribution in [0.5, 0.6) is 11.5 Å². The van der Waals surface area contributed by atoms with E-state index in [2.05, 4.69) is 22.9 Å². The highest BCUT2D eigenvalue weighted by Crippen LogP contribution is 2.43. The largest absolute Gasteiger partial charge is 0.497 e. The second-order valence-electron chi connectivity index (χ2n) is 9.41. The van der Waals surface area contributed by atoms with Crippen LogP contribution < -0.4 is 14.8 Å². The topological polar surface area (TPSA) is 71.0 Å². The number of nitrogens with one attached hydrogen (secondary N) is 1. The van der Waals surface area contributed by atoms with Gasteiger partial charge < -0.3 is 19.9 Å². The van der Waals surface area contributed by atoms with Crippen molar-refractivity contribution in [2.24, 2.45) is 11.8 Å². The lowest BCUT2D eigenvalue weighted by molar-refractivity contribution is -0.0254. The van der Waals surface area contributed by atoms with Gasteiger partial charge in [0.15, 0.2) is 5.78 Å². The Labute approximate surface area is 200 Å². The Morgan fingerprint density at radius 1 is 1.24 bits per heavy atom. The molecule has 6 rings (SSSR count). The van der Waals surface area contributed by atoms with E-state index in [0.29, 0.717) is 28.9 Å². The maximum absolute atomic E-state index is 13.6. The van der Waals surface area contributed by atoms with Gasteiger partial charge in [0.2, 0.25) is 0 Å². The standard InChI is InChI=1S/C28H32N2O4/c1-4-17-16-30-12-11-18(17)13-25(30)28(32)22-15-24(27(31)20-7-5-6-8-26(20)34-3)29-23-10-9-19(33-2)14-21(22)23/h4-10,14-15,17-18,24-25,28-29,32H,1,11-13,16H2,2-3H3/t17-,18-,24?,25+,28-/m0/s1. The molecule has 2 N–H and O–H groups in total. The lowest BCUT2D eigenvalue weighted by atomic mass is 9.73. The monoisotopic (exact) mass is 460 g/mol. The van der Waals surface area contributed by atoms with E-state index in [1.54, 1.807) is 26.4 Å². The summed E-state index contributed by atoms with van der Waals surface area (Å²) in [5.74, 6) is 2.18. The molecule has 0 saturated carbocycles. The molecule has 0 aromatic heterocycles. The summed E-state index contributed by atoms with van der Waals surface area (Å²) in [6.45, 7) is 5.92. The van der Waals surface area contributed by atoms with Crippen LogP contribution >= 0.6 is 0 Å². The Morgan fingerprint density at radius 3 is 2.76 bits per heavy atom. The van der Waals surface area contributed by atoms with Crippen LogP contribution in [0.4, 0.5) is 5.69 Å². The first-order valence-electron chi connectivity index (χ1n) is 11.9. The quantitative estimate of drug-likeness (QED) is 0.480. The number of Topliss-reactive ketones (excluding diaryl/α,β-unsaturated/α-hetero) is 1. The molecule has 0 spiro atoms. The number of carbonyl (C=O) groups excluding carboxylic acids is 1. The van der Waals surface area contributed by atoms with Gasteiger partial charge in [-0.3, -0.25) is 9.69 Å². The van der Waals surface area contributed by atoms with E-state index in [0.717, 1.165) is 42.8 Å². The van der Waals surface area contributed by atoms with Crippen molar-refractivity contribution in [3.8, 4) is 11.5 Å². The van der Waals surface area contributed by atoms with Crippen LogP contribution in [0, 0.1) is 11.8 Å². The van der Waals surface area contributed by atoms with Gasteiger partial charge in [-0.15, -0.1) is 6.58 Å². The van der Waals surface area contributed by atoms with Gasteiger partial charge in [-0.1, -0.05) is 18.2 Å². The van der Waals surface area contributed by atoms with Gasteiger partial charge in [-0.2, -0.15) is 0 Å². The Balaban J connectivity index is 1.52. The highest BCUT2D eigenvalue weighted by Gasteiger charge is 2.43. The number of aliphatic hydroxyl groups excluding tert-OH is 1. The zero-order chi connectivity index (χ0) is 23.8. The maximum Gasteiger partial charge on any atom is 0.192 e. The molecule has 0 radical (unpaired) electrons. The zero-order valence-corrected chi connectivity index (χ0v) is 19.7. The molecule has 0 amide bonds. The van der Waals surface area contributed by atoms with E-state index in [1.165, 1.54) is 0 Å².